The van der Waals surface area contributed by atoms with E-state index in [1.54, 1.807) is 0 Å². The maximum absolute atomic E-state index is 10.4. The Hall–Kier alpha value is -0.860. The van der Waals surface area contributed by atoms with Crippen molar-refractivity contribution in [1.82, 2.24) is 4.90 Å². The fourth-order valence-electron chi connectivity index (χ4n) is 3.12. The van der Waals surface area contributed by atoms with Gasteiger partial charge < -0.3 is 10.0 Å². The van der Waals surface area contributed by atoms with E-state index in [0.717, 1.165) is 37.0 Å². The van der Waals surface area contributed by atoms with Crippen LogP contribution in [0, 0.1) is 25.7 Å². The van der Waals surface area contributed by atoms with Crippen molar-refractivity contribution in [2.75, 3.05) is 19.6 Å². The molecule has 0 aliphatic carbocycles. The molecule has 0 amide bonds. The third-order valence-electron chi connectivity index (χ3n) is 4.31. The van der Waals surface area contributed by atoms with Crippen LogP contribution < -0.4 is 0 Å². The van der Waals surface area contributed by atoms with Crippen LogP contribution >= 0.6 is 0 Å². The first-order valence-corrected chi connectivity index (χ1v) is 7.44. The van der Waals surface area contributed by atoms with E-state index in [2.05, 4.69) is 50.8 Å². The predicted molar refractivity (Wildman–Crippen MR) is 80.3 cm³/mol. The monoisotopic (exact) mass is 261 g/mol. The summed E-state index contributed by atoms with van der Waals surface area (Å²) in [6, 6.07) is 6.36. The van der Waals surface area contributed by atoms with Gasteiger partial charge in [-0.2, -0.15) is 0 Å². The van der Waals surface area contributed by atoms with Crippen LogP contribution in [0.5, 0.6) is 0 Å². The maximum Gasteiger partial charge on any atom is 0.0917 e. The van der Waals surface area contributed by atoms with E-state index in [-0.39, 0.29) is 6.10 Å². The number of likely N-dealkylation sites (tertiary alicyclic amines) is 1. The molecule has 0 saturated carbocycles. The average Bonchev–Trinajstić information content (AvgIpc) is 2.76. The summed E-state index contributed by atoms with van der Waals surface area (Å²) in [6.07, 6.45) is 0.918. The number of nitrogens with zero attached hydrogens (tertiary/aromatic N) is 1. The summed E-state index contributed by atoms with van der Waals surface area (Å²) in [5.41, 5.74) is 3.52. The molecule has 0 aromatic heterocycles. The molecule has 2 rings (SSSR count). The second-order valence-corrected chi connectivity index (χ2v) is 6.49. The smallest absolute Gasteiger partial charge is 0.0917 e. The Morgan fingerprint density at radius 3 is 2.37 bits per heavy atom. The van der Waals surface area contributed by atoms with Gasteiger partial charge in [-0.3, -0.25) is 0 Å². The molecule has 1 heterocycles. The SMILES string of the molecule is Cc1cc(C)cc(C(O)CN2CCC(C(C)C)C2)c1. The first-order valence-electron chi connectivity index (χ1n) is 7.44. The molecule has 1 aromatic rings. The van der Waals surface area contributed by atoms with Crippen LogP contribution in [0.3, 0.4) is 0 Å². The van der Waals surface area contributed by atoms with E-state index >= 15 is 0 Å². The molecule has 1 N–H and O–H groups in total. The van der Waals surface area contributed by atoms with Crippen LogP contribution in [0.4, 0.5) is 0 Å². The molecular formula is C17H27NO. The van der Waals surface area contributed by atoms with Crippen molar-refractivity contribution in [3.8, 4) is 0 Å². The van der Waals surface area contributed by atoms with Gasteiger partial charge in [-0.1, -0.05) is 43.2 Å². The lowest BCUT2D eigenvalue weighted by molar-refractivity contribution is 0.122. The number of aryl methyl sites for hydroxylation is 2. The topological polar surface area (TPSA) is 23.5 Å². The lowest BCUT2D eigenvalue weighted by Crippen LogP contribution is -2.27. The van der Waals surface area contributed by atoms with Crippen LogP contribution in [0.2, 0.25) is 0 Å². The Morgan fingerprint density at radius 1 is 1.21 bits per heavy atom. The molecule has 1 saturated heterocycles. The van der Waals surface area contributed by atoms with Gasteiger partial charge in [-0.25, -0.2) is 0 Å². The molecular weight excluding hydrogens is 234 g/mol. The average molecular weight is 261 g/mol. The van der Waals surface area contributed by atoms with Gasteiger partial charge in [0.1, 0.15) is 0 Å². The standard InChI is InChI=1S/C17H27NO/c1-12(2)15-5-6-18(10-15)11-17(19)16-8-13(3)7-14(4)9-16/h7-9,12,15,17,19H,5-6,10-11H2,1-4H3. The van der Waals surface area contributed by atoms with Crippen LogP contribution in [0.1, 0.15) is 43.1 Å². The number of rotatable bonds is 4. The molecule has 19 heavy (non-hydrogen) atoms. The summed E-state index contributed by atoms with van der Waals surface area (Å²) in [5, 5.41) is 10.4. The van der Waals surface area contributed by atoms with Crippen LogP contribution in [-0.4, -0.2) is 29.6 Å². The normalized spacial score (nSPS) is 22.1. The Labute approximate surface area is 117 Å². The Kier molecular flexibility index (Phi) is 4.64. The van der Waals surface area contributed by atoms with Crippen molar-refractivity contribution in [1.29, 1.82) is 0 Å². The van der Waals surface area contributed by atoms with E-state index in [0.29, 0.717) is 0 Å². The summed E-state index contributed by atoms with van der Waals surface area (Å²) >= 11 is 0. The van der Waals surface area contributed by atoms with Crippen molar-refractivity contribution in [3.63, 3.8) is 0 Å². The molecule has 0 bridgehead atoms. The number of hydrogen-bond donors (Lipinski definition) is 1. The molecule has 2 nitrogen and oxygen atoms in total. The second kappa shape index (κ2) is 6.06. The van der Waals surface area contributed by atoms with E-state index in [9.17, 15) is 5.11 Å². The Bertz CT molecular complexity index is 407. The molecule has 2 atom stereocenters. The highest BCUT2D eigenvalue weighted by molar-refractivity contribution is 5.30. The lowest BCUT2D eigenvalue weighted by Gasteiger charge is -2.21. The molecule has 1 aliphatic heterocycles. The van der Waals surface area contributed by atoms with Gasteiger partial charge in [0.15, 0.2) is 0 Å². The van der Waals surface area contributed by atoms with Gasteiger partial charge in [-0.15, -0.1) is 0 Å². The fourth-order valence-corrected chi connectivity index (χ4v) is 3.12. The molecule has 1 aliphatic rings. The molecule has 0 radical (unpaired) electrons. The van der Waals surface area contributed by atoms with Crippen molar-refractivity contribution in [3.05, 3.63) is 34.9 Å². The van der Waals surface area contributed by atoms with Crippen LogP contribution in [-0.2, 0) is 0 Å². The largest absolute Gasteiger partial charge is 0.387 e. The number of aliphatic hydroxyl groups excluding tert-OH is 1. The van der Waals surface area contributed by atoms with Crippen LogP contribution in [0.15, 0.2) is 18.2 Å². The zero-order chi connectivity index (χ0) is 14.0. The van der Waals surface area contributed by atoms with Gasteiger partial charge in [-0.05, 0) is 44.2 Å². The van der Waals surface area contributed by atoms with Gasteiger partial charge >= 0.3 is 0 Å². The third kappa shape index (κ3) is 3.80. The highest BCUT2D eigenvalue weighted by Gasteiger charge is 2.26. The fraction of sp³-hybridized carbons (Fsp3) is 0.647. The Morgan fingerprint density at radius 2 is 1.84 bits per heavy atom. The molecule has 1 fully saturated rings. The number of β-amino-alcohol motifs (C(OH)–C–C–N with tert-alkyl or cyclic N) is 1. The Balaban J connectivity index is 1.96. The van der Waals surface area contributed by atoms with E-state index in [4.69, 9.17) is 0 Å². The van der Waals surface area contributed by atoms with Crippen molar-refractivity contribution >= 4 is 0 Å². The van der Waals surface area contributed by atoms with Gasteiger partial charge in [0.25, 0.3) is 0 Å². The van der Waals surface area contributed by atoms with Gasteiger partial charge in [0, 0.05) is 13.1 Å². The zero-order valence-electron chi connectivity index (χ0n) is 12.7. The molecule has 1 aromatic carbocycles. The first-order chi connectivity index (χ1) is 8.95. The lowest BCUT2D eigenvalue weighted by atomic mass is 9.95. The van der Waals surface area contributed by atoms with Crippen LogP contribution in [0.25, 0.3) is 0 Å². The van der Waals surface area contributed by atoms with E-state index in [1.165, 1.54) is 17.5 Å². The van der Waals surface area contributed by atoms with E-state index < -0.39 is 0 Å². The summed E-state index contributed by atoms with van der Waals surface area (Å²) in [5.74, 6) is 1.55. The maximum atomic E-state index is 10.4. The minimum Gasteiger partial charge on any atom is -0.387 e. The van der Waals surface area contributed by atoms with Gasteiger partial charge in [0.2, 0.25) is 0 Å². The van der Waals surface area contributed by atoms with Crippen molar-refractivity contribution in [2.24, 2.45) is 11.8 Å². The summed E-state index contributed by atoms with van der Waals surface area (Å²) in [7, 11) is 0. The predicted octanol–water partition coefficient (Wildman–Crippen LogP) is 3.31. The highest BCUT2D eigenvalue weighted by atomic mass is 16.3. The summed E-state index contributed by atoms with van der Waals surface area (Å²) < 4.78 is 0. The van der Waals surface area contributed by atoms with E-state index in [1.807, 2.05) is 0 Å². The highest BCUT2D eigenvalue weighted by Crippen LogP contribution is 2.26. The van der Waals surface area contributed by atoms with Crippen molar-refractivity contribution in [2.45, 2.75) is 40.2 Å². The third-order valence-corrected chi connectivity index (χ3v) is 4.31. The zero-order valence-corrected chi connectivity index (χ0v) is 12.7. The number of benzene rings is 1. The molecule has 0 spiro atoms. The van der Waals surface area contributed by atoms with Crippen molar-refractivity contribution < 1.29 is 5.11 Å². The first kappa shape index (κ1) is 14.5. The second-order valence-electron chi connectivity index (χ2n) is 6.49. The molecule has 2 heteroatoms. The minimum atomic E-state index is -0.357. The summed E-state index contributed by atoms with van der Waals surface area (Å²) in [6.45, 7) is 11.8. The summed E-state index contributed by atoms with van der Waals surface area (Å²) in [4.78, 5) is 2.41. The number of hydrogen-bond acceptors (Lipinski definition) is 2. The molecule has 106 valence electrons. The minimum absolute atomic E-state index is 0.357. The quantitative estimate of drug-likeness (QED) is 0.899. The number of aliphatic hydroxyl groups is 1. The van der Waals surface area contributed by atoms with Gasteiger partial charge in [0.05, 0.1) is 6.10 Å². The molecule has 2 unspecified atom stereocenters.